The third kappa shape index (κ3) is 4.35. The Labute approximate surface area is 168 Å². The molecule has 0 aliphatic heterocycles. The molecular formula is C20H24N8O. The highest BCUT2D eigenvalue weighted by atomic mass is 16.1. The van der Waals surface area contributed by atoms with Crippen molar-refractivity contribution in [2.45, 2.75) is 37.8 Å². The van der Waals surface area contributed by atoms with Crippen LogP contribution in [0.25, 0.3) is 5.69 Å². The van der Waals surface area contributed by atoms with Gasteiger partial charge in [0.1, 0.15) is 11.6 Å². The molecule has 0 aromatic carbocycles. The highest BCUT2D eigenvalue weighted by Gasteiger charge is 2.22. The number of nitrogens with one attached hydrogen (secondary N) is 2. The quantitative estimate of drug-likeness (QED) is 0.504. The van der Waals surface area contributed by atoms with Crippen LogP contribution in [0.5, 0.6) is 0 Å². The normalized spacial score (nSPS) is 18.9. The molecule has 2 atom stereocenters. The van der Waals surface area contributed by atoms with Gasteiger partial charge in [-0.05, 0) is 37.1 Å². The molecule has 1 fully saturated rings. The number of nitrogens with two attached hydrogens (primary N) is 2. The number of aromatic nitrogens is 4. The van der Waals surface area contributed by atoms with E-state index in [1.54, 1.807) is 35.4 Å². The Hall–Kier alpha value is -3.46. The molecule has 1 amide bonds. The Morgan fingerprint density at radius 1 is 1.21 bits per heavy atom. The van der Waals surface area contributed by atoms with E-state index in [4.69, 9.17) is 11.5 Å². The van der Waals surface area contributed by atoms with Gasteiger partial charge in [-0.1, -0.05) is 12.8 Å². The van der Waals surface area contributed by atoms with Gasteiger partial charge < -0.3 is 22.1 Å². The first-order valence-corrected chi connectivity index (χ1v) is 9.65. The molecule has 0 spiro atoms. The molecular weight excluding hydrogens is 368 g/mol. The maximum atomic E-state index is 11.9. The van der Waals surface area contributed by atoms with Gasteiger partial charge in [0.25, 0.3) is 5.91 Å². The van der Waals surface area contributed by atoms with Crippen molar-refractivity contribution in [1.29, 1.82) is 0 Å². The molecule has 4 rings (SSSR count). The fourth-order valence-electron chi connectivity index (χ4n) is 3.54. The third-order valence-corrected chi connectivity index (χ3v) is 5.07. The van der Waals surface area contributed by atoms with Gasteiger partial charge in [0.2, 0.25) is 0 Å². The van der Waals surface area contributed by atoms with E-state index in [-0.39, 0.29) is 12.1 Å². The first-order chi connectivity index (χ1) is 14.1. The molecule has 0 bridgehead atoms. The van der Waals surface area contributed by atoms with Gasteiger partial charge in [-0.25, -0.2) is 9.67 Å². The summed E-state index contributed by atoms with van der Waals surface area (Å²) in [6.07, 6.45) is 11.2. The summed E-state index contributed by atoms with van der Waals surface area (Å²) in [7, 11) is 0. The van der Waals surface area contributed by atoms with Gasteiger partial charge in [0.05, 0.1) is 29.3 Å². The van der Waals surface area contributed by atoms with Crippen LogP contribution in [-0.4, -0.2) is 37.7 Å². The van der Waals surface area contributed by atoms with Gasteiger partial charge in [-0.3, -0.25) is 9.78 Å². The Bertz CT molecular complexity index is 988. The van der Waals surface area contributed by atoms with Crippen molar-refractivity contribution in [2.24, 2.45) is 11.5 Å². The van der Waals surface area contributed by atoms with Crippen LogP contribution in [0.3, 0.4) is 0 Å². The summed E-state index contributed by atoms with van der Waals surface area (Å²) in [5.41, 5.74) is 13.5. The number of hydrogen-bond donors (Lipinski definition) is 4. The second-order valence-electron chi connectivity index (χ2n) is 7.16. The number of amides is 1. The van der Waals surface area contributed by atoms with Crippen LogP contribution in [0.4, 0.5) is 17.3 Å². The van der Waals surface area contributed by atoms with E-state index >= 15 is 0 Å². The van der Waals surface area contributed by atoms with Crippen LogP contribution in [0, 0.1) is 0 Å². The molecule has 1 aliphatic rings. The predicted octanol–water partition coefficient (Wildman–Crippen LogP) is 2.19. The summed E-state index contributed by atoms with van der Waals surface area (Å²) in [6.45, 7) is 0. The SMILES string of the molecule is NC(=O)c1ccc(N[C@@H]2CCCC[C@@H]2N)nc1Nc1cncc(-n2cccn2)c1. The first-order valence-electron chi connectivity index (χ1n) is 9.65. The van der Waals surface area contributed by atoms with E-state index in [0.29, 0.717) is 22.9 Å². The maximum absolute atomic E-state index is 11.9. The number of anilines is 3. The summed E-state index contributed by atoms with van der Waals surface area (Å²) in [5.74, 6) is 0.458. The largest absolute Gasteiger partial charge is 0.366 e. The predicted molar refractivity (Wildman–Crippen MR) is 111 cm³/mol. The highest BCUT2D eigenvalue weighted by Crippen LogP contribution is 2.25. The zero-order chi connectivity index (χ0) is 20.2. The second kappa shape index (κ2) is 8.27. The van der Waals surface area contributed by atoms with E-state index in [1.165, 1.54) is 0 Å². The van der Waals surface area contributed by atoms with Gasteiger partial charge in [0, 0.05) is 24.5 Å². The third-order valence-electron chi connectivity index (χ3n) is 5.07. The molecule has 3 aromatic rings. The summed E-state index contributed by atoms with van der Waals surface area (Å²) in [5, 5.41) is 10.8. The van der Waals surface area contributed by atoms with Gasteiger partial charge in [0.15, 0.2) is 0 Å². The van der Waals surface area contributed by atoms with Gasteiger partial charge >= 0.3 is 0 Å². The van der Waals surface area contributed by atoms with Crippen LogP contribution < -0.4 is 22.1 Å². The van der Waals surface area contributed by atoms with E-state index in [2.05, 4.69) is 25.7 Å². The lowest BCUT2D eigenvalue weighted by Crippen LogP contribution is -2.42. The number of nitrogens with zero attached hydrogens (tertiary/aromatic N) is 4. The number of carbonyl (C=O) groups is 1. The van der Waals surface area contributed by atoms with Crippen LogP contribution in [0.15, 0.2) is 49.1 Å². The average Bonchev–Trinajstić information content (AvgIpc) is 3.25. The lowest BCUT2D eigenvalue weighted by molar-refractivity contribution is 0.100. The minimum absolute atomic E-state index is 0.0905. The van der Waals surface area contributed by atoms with Crippen molar-refractivity contribution in [3.05, 3.63) is 54.6 Å². The molecule has 0 radical (unpaired) electrons. The van der Waals surface area contributed by atoms with Crippen molar-refractivity contribution >= 4 is 23.2 Å². The van der Waals surface area contributed by atoms with Crippen LogP contribution >= 0.6 is 0 Å². The van der Waals surface area contributed by atoms with Gasteiger partial charge in [-0.15, -0.1) is 0 Å². The molecule has 3 heterocycles. The summed E-state index contributed by atoms with van der Waals surface area (Å²) < 4.78 is 1.70. The minimum atomic E-state index is -0.558. The van der Waals surface area contributed by atoms with Crippen molar-refractivity contribution in [3.8, 4) is 5.69 Å². The Balaban J connectivity index is 1.60. The van der Waals surface area contributed by atoms with Gasteiger partial charge in [-0.2, -0.15) is 5.10 Å². The minimum Gasteiger partial charge on any atom is -0.366 e. The fourth-order valence-corrected chi connectivity index (χ4v) is 3.54. The molecule has 1 saturated carbocycles. The zero-order valence-electron chi connectivity index (χ0n) is 16.0. The molecule has 9 heteroatoms. The number of primary amides is 1. The fraction of sp³-hybridized carbons (Fsp3) is 0.300. The first kappa shape index (κ1) is 18.9. The lowest BCUT2D eigenvalue weighted by Gasteiger charge is -2.29. The smallest absolute Gasteiger partial charge is 0.252 e. The standard InChI is InChI=1S/C20H24N8O/c21-16-4-1-2-5-17(16)26-18-7-6-15(19(22)29)20(27-18)25-13-10-14(12-23-11-13)28-9-3-8-24-28/h3,6-12,16-17H,1-2,4-5,21H2,(H2,22,29)(H2,25,26,27)/t16-,17+/m0/s1. The Morgan fingerprint density at radius 3 is 2.83 bits per heavy atom. The zero-order valence-corrected chi connectivity index (χ0v) is 16.0. The maximum Gasteiger partial charge on any atom is 0.252 e. The number of hydrogen-bond acceptors (Lipinski definition) is 7. The van der Waals surface area contributed by atoms with Crippen LogP contribution in [-0.2, 0) is 0 Å². The Morgan fingerprint density at radius 2 is 2.07 bits per heavy atom. The van der Waals surface area contributed by atoms with Crippen LogP contribution in [0.1, 0.15) is 36.0 Å². The molecule has 3 aromatic heterocycles. The summed E-state index contributed by atoms with van der Waals surface area (Å²) in [6, 6.07) is 7.37. The molecule has 9 nitrogen and oxygen atoms in total. The molecule has 29 heavy (non-hydrogen) atoms. The summed E-state index contributed by atoms with van der Waals surface area (Å²) >= 11 is 0. The van der Waals surface area contributed by atoms with Crippen molar-refractivity contribution < 1.29 is 4.79 Å². The van der Waals surface area contributed by atoms with E-state index in [0.717, 1.165) is 31.4 Å². The van der Waals surface area contributed by atoms with E-state index in [1.807, 2.05) is 18.3 Å². The molecule has 0 saturated heterocycles. The molecule has 0 unspecified atom stereocenters. The number of carbonyl (C=O) groups excluding carboxylic acids is 1. The number of rotatable bonds is 6. The molecule has 150 valence electrons. The monoisotopic (exact) mass is 392 g/mol. The Kier molecular flexibility index (Phi) is 5.39. The van der Waals surface area contributed by atoms with Crippen molar-refractivity contribution in [3.63, 3.8) is 0 Å². The lowest BCUT2D eigenvalue weighted by atomic mass is 9.91. The summed E-state index contributed by atoms with van der Waals surface area (Å²) in [4.78, 5) is 20.7. The van der Waals surface area contributed by atoms with Crippen LogP contribution in [0.2, 0.25) is 0 Å². The second-order valence-corrected chi connectivity index (χ2v) is 7.16. The van der Waals surface area contributed by atoms with E-state index < -0.39 is 5.91 Å². The number of pyridine rings is 2. The van der Waals surface area contributed by atoms with Crippen molar-refractivity contribution in [2.75, 3.05) is 10.6 Å². The van der Waals surface area contributed by atoms with Crippen molar-refractivity contribution in [1.82, 2.24) is 19.7 Å². The topological polar surface area (TPSA) is 137 Å². The average molecular weight is 392 g/mol. The highest BCUT2D eigenvalue weighted by molar-refractivity contribution is 5.98. The van der Waals surface area contributed by atoms with E-state index in [9.17, 15) is 4.79 Å². The molecule has 1 aliphatic carbocycles. The molecule has 6 N–H and O–H groups in total.